The Morgan fingerprint density at radius 2 is 2.18 bits per heavy atom. The molecule has 1 aliphatic rings. The number of rotatable bonds is 4. The fourth-order valence-corrected chi connectivity index (χ4v) is 6.15. The molecule has 0 radical (unpaired) electrons. The van der Waals surface area contributed by atoms with E-state index in [9.17, 15) is 13.2 Å². The molecule has 1 heterocycles. The first-order chi connectivity index (χ1) is 9.77. The van der Waals surface area contributed by atoms with Gasteiger partial charge in [-0.25, -0.2) is 8.42 Å². The van der Waals surface area contributed by atoms with Gasteiger partial charge in [0.15, 0.2) is 9.84 Å². The average molecular weight is 430 g/mol. The molecule has 1 aromatic carbocycles. The minimum atomic E-state index is -2.90. The molecule has 124 valence electrons. The maximum Gasteiger partial charge on any atom is 0.234 e. The van der Waals surface area contributed by atoms with E-state index in [2.05, 4.69) is 21.2 Å². The first-order valence-corrected chi connectivity index (χ1v) is 10.1. The predicted molar refractivity (Wildman–Crippen MR) is 98.7 cm³/mol. The number of benzene rings is 1. The molecule has 1 aliphatic heterocycles. The quantitative estimate of drug-likeness (QED) is 0.718. The molecule has 22 heavy (non-hydrogen) atoms. The van der Waals surface area contributed by atoms with Crippen LogP contribution in [-0.4, -0.2) is 36.8 Å². The summed E-state index contributed by atoms with van der Waals surface area (Å²) in [6.07, 6.45) is 0.623. The molecule has 0 bridgehead atoms. The maximum atomic E-state index is 12.0. The second kappa shape index (κ2) is 7.90. The number of aryl methyl sites for hydroxylation is 1. The monoisotopic (exact) mass is 428 g/mol. The van der Waals surface area contributed by atoms with Gasteiger partial charge in [0.25, 0.3) is 0 Å². The van der Waals surface area contributed by atoms with Crippen molar-refractivity contribution >= 4 is 67.2 Å². The summed E-state index contributed by atoms with van der Waals surface area (Å²) in [7, 11) is -2.90. The van der Waals surface area contributed by atoms with Crippen LogP contribution >= 0.6 is 40.1 Å². The lowest BCUT2D eigenvalue weighted by atomic mass is 10.2. The fraction of sp³-hybridized carbons (Fsp3) is 0.462. The molecule has 2 rings (SSSR count). The van der Waals surface area contributed by atoms with Crippen LogP contribution in [0.15, 0.2) is 16.6 Å². The lowest BCUT2D eigenvalue weighted by Gasteiger charge is -2.12. The highest BCUT2D eigenvalue weighted by atomic mass is 79.9. The van der Waals surface area contributed by atoms with E-state index < -0.39 is 9.84 Å². The number of nitrogen functional groups attached to an aromatic ring is 1. The van der Waals surface area contributed by atoms with E-state index in [-0.39, 0.29) is 40.8 Å². The van der Waals surface area contributed by atoms with E-state index in [1.165, 1.54) is 11.8 Å². The van der Waals surface area contributed by atoms with Crippen LogP contribution in [0.2, 0.25) is 0 Å². The molecule has 1 saturated heterocycles. The van der Waals surface area contributed by atoms with Gasteiger partial charge in [0.1, 0.15) is 0 Å². The average Bonchev–Trinajstić information content (AvgIpc) is 2.72. The number of nitrogens with two attached hydrogens (primary N) is 1. The third-order valence-electron chi connectivity index (χ3n) is 3.27. The van der Waals surface area contributed by atoms with E-state index in [0.717, 1.165) is 10.0 Å². The van der Waals surface area contributed by atoms with Gasteiger partial charge in [-0.2, -0.15) is 0 Å². The normalized spacial score (nSPS) is 19.5. The van der Waals surface area contributed by atoms with Gasteiger partial charge in [0, 0.05) is 9.72 Å². The zero-order valence-electron chi connectivity index (χ0n) is 12.0. The van der Waals surface area contributed by atoms with E-state index in [4.69, 9.17) is 5.73 Å². The Hall–Kier alpha value is -0.440. The number of amides is 1. The number of anilines is 2. The van der Waals surface area contributed by atoms with E-state index in [0.29, 0.717) is 17.8 Å². The summed E-state index contributed by atoms with van der Waals surface area (Å²) in [6, 6.07) is 3.63. The van der Waals surface area contributed by atoms with Gasteiger partial charge >= 0.3 is 0 Å². The Labute approximate surface area is 149 Å². The standard InChI is InChI=1S/C13H17BrN2O3S2.ClH/c1-8-4-9(14)5-11(13(8)15)16-12(17)6-20-10-2-3-21(18,19)7-10;/h4-5,10H,2-3,6-7,15H2,1H3,(H,16,17);1H. The zero-order valence-corrected chi connectivity index (χ0v) is 16.0. The van der Waals surface area contributed by atoms with Gasteiger partial charge in [-0.3, -0.25) is 4.79 Å². The number of nitrogens with one attached hydrogen (secondary N) is 1. The molecule has 1 amide bonds. The molecular formula is C13H18BrClN2O3S2. The molecule has 1 aromatic rings. The summed E-state index contributed by atoms with van der Waals surface area (Å²) in [5.74, 6) is 0.451. The van der Waals surface area contributed by atoms with Crippen LogP contribution in [0.1, 0.15) is 12.0 Å². The number of thioether (sulfide) groups is 1. The first-order valence-electron chi connectivity index (χ1n) is 6.44. The molecule has 1 unspecified atom stereocenters. The van der Waals surface area contributed by atoms with Crippen molar-refractivity contribution in [2.24, 2.45) is 0 Å². The van der Waals surface area contributed by atoms with Crippen LogP contribution in [0, 0.1) is 6.92 Å². The topological polar surface area (TPSA) is 89.3 Å². The van der Waals surface area contributed by atoms with Gasteiger partial charge in [0.05, 0.1) is 28.6 Å². The highest BCUT2D eigenvalue weighted by Gasteiger charge is 2.28. The summed E-state index contributed by atoms with van der Waals surface area (Å²) in [4.78, 5) is 12.0. The third kappa shape index (κ3) is 5.33. The summed E-state index contributed by atoms with van der Waals surface area (Å²) in [6.45, 7) is 1.87. The minimum Gasteiger partial charge on any atom is -0.397 e. The van der Waals surface area contributed by atoms with Crippen molar-refractivity contribution in [2.75, 3.05) is 28.3 Å². The Kier molecular flexibility index (Phi) is 7.04. The molecule has 0 aliphatic carbocycles. The van der Waals surface area contributed by atoms with Gasteiger partial charge < -0.3 is 11.1 Å². The van der Waals surface area contributed by atoms with Crippen molar-refractivity contribution in [1.29, 1.82) is 0 Å². The Balaban J connectivity index is 0.00000242. The Bertz CT molecular complexity index is 667. The molecule has 0 saturated carbocycles. The highest BCUT2D eigenvalue weighted by molar-refractivity contribution is 9.10. The summed E-state index contributed by atoms with van der Waals surface area (Å²) < 4.78 is 23.6. The van der Waals surface area contributed by atoms with E-state index in [1.807, 2.05) is 13.0 Å². The molecule has 1 fully saturated rings. The first kappa shape index (κ1) is 19.6. The van der Waals surface area contributed by atoms with Crippen molar-refractivity contribution in [3.63, 3.8) is 0 Å². The SMILES string of the molecule is Cc1cc(Br)cc(NC(=O)CSC2CCS(=O)(=O)C2)c1N.Cl. The molecule has 9 heteroatoms. The fourth-order valence-electron chi connectivity index (χ4n) is 2.13. The van der Waals surface area contributed by atoms with Crippen LogP contribution in [-0.2, 0) is 14.6 Å². The maximum absolute atomic E-state index is 12.0. The van der Waals surface area contributed by atoms with Crippen molar-refractivity contribution in [3.8, 4) is 0 Å². The lowest BCUT2D eigenvalue weighted by molar-refractivity contribution is -0.113. The van der Waals surface area contributed by atoms with Crippen molar-refractivity contribution < 1.29 is 13.2 Å². The van der Waals surface area contributed by atoms with Crippen LogP contribution in [0.25, 0.3) is 0 Å². The van der Waals surface area contributed by atoms with Crippen LogP contribution < -0.4 is 11.1 Å². The molecule has 3 N–H and O–H groups in total. The van der Waals surface area contributed by atoms with Gasteiger partial charge in [-0.05, 0) is 31.0 Å². The second-order valence-electron chi connectivity index (χ2n) is 5.07. The second-order valence-corrected chi connectivity index (χ2v) is 9.50. The van der Waals surface area contributed by atoms with E-state index in [1.54, 1.807) is 6.07 Å². The summed E-state index contributed by atoms with van der Waals surface area (Å²) >= 11 is 4.75. The van der Waals surface area contributed by atoms with Gasteiger partial charge in [-0.15, -0.1) is 24.2 Å². The van der Waals surface area contributed by atoms with Crippen molar-refractivity contribution in [1.82, 2.24) is 0 Å². The summed E-state index contributed by atoms with van der Waals surface area (Å²) in [5.41, 5.74) is 7.93. The number of carbonyl (C=O) groups is 1. The minimum absolute atomic E-state index is 0. The summed E-state index contributed by atoms with van der Waals surface area (Å²) in [5, 5.41) is 2.79. The Morgan fingerprint density at radius 1 is 1.50 bits per heavy atom. The molecule has 0 spiro atoms. The predicted octanol–water partition coefficient (Wildman–Crippen LogP) is 2.62. The molecular weight excluding hydrogens is 412 g/mol. The van der Waals surface area contributed by atoms with Crippen LogP contribution in [0.5, 0.6) is 0 Å². The number of sulfone groups is 1. The van der Waals surface area contributed by atoms with Crippen molar-refractivity contribution in [2.45, 2.75) is 18.6 Å². The van der Waals surface area contributed by atoms with Crippen LogP contribution in [0.3, 0.4) is 0 Å². The lowest BCUT2D eigenvalue weighted by Crippen LogP contribution is -2.18. The van der Waals surface area contributed by atoms with Crippen molar-refractivity contribution in [3.05, 3.63) is 22.2 Å². The van der Waals surface area contributed by atoms with Gasteiger partial charge in [0.2, 0.25) is 5.91 Å². The largest absolute Gasteiger partial charge is 0.397 e. The van der Waals surface area contributed by atoms with Gasteiger partial charge in [-0.1, -0.05) is 15.9 Å². The molecule has 5 nitrogen and oxygen atoms in total. The zero-order chi connectivity index (χ0) is 15.6. The Morgan fingerprint density at radius 3 is 2.77 bits per heavy atom. The highest BCUT2D eigenvalue weighted by Crippen LogP contribution is 2.28. The third-order valence-corrected chi connectivity index (χ3v) is 7.01. The van der Waals surface area contributed by atoms with Crippen LogP contribution in [0.4, 0.5) is 11.4 Å². The number of hydrogen-bond acceptors (Lipinski definition) is 5. The smallest absolute Gasteiger partial charge is 0.234 e. The number of hydrogen-bond donors (Lipinski definition) is 2. The molecule has 1 atom stereocenters. The molecule has 0 aromatic heterocycles. The number of halogens is 2. The van der Waals surface area contributed by atoms with E-state index >= 15 is 0 Å². The number of carbonyl (C=O) groups excluding carboxylic acids is 1.